The fourth-order valence-corrected chi connectivity index (χ4v) is 5.11. The third kappa shape index (κ3) is 4.87. The summed E-state index contributed by atoms with van der Waals surface area (Å²) in [6, 6.07) is 15.5. The fourth-order valence-electron chi connectivity index (χ4n) is 5.11. The molecular formula is C26H30N2O5. The lowest BCUT2D eigenvalue weighted by Crippen LogP contribution is -2.45. The van der Waals surface area contributed by atoms with Crippen LogP contribution in [0.15, 0.2) is 48.5 Å². The highest BCUT2D eigenvalue weighted by Crippen LogP contribution is 2.44. The lowest BCUT2D eigenvalue weighted by atomic mass is 9.94. The average Bonchev–Trinajstić information content (AvgIpc) is 3.42. The van der Waals surface area contributed by atoms with E-state index < -0.39 is 18.1 Å². The van der Waals surface area contributed by atoms with Gasteiger partial charge in [0.1, 0.15) is 12.6 Å². The van der Waals surface area contributed by atoms with Crippen LogP contribution < -0.4 is 10.6 Å². The summed E-state index contributed by atoms with van der Waals surface area (Å²) < 4.78 is 5.58. The molecule has 3 N–H and O–H groups in total. The minimum absolute atomic E-state index is 0.00449. The quantitative estimate of drug-likeness (QED) is 0.565. The number of nitrogens with one attached hydrogen (secondary N) is 2. The Kier molecular flexibility index (Phi) is 6.96. The maximum absolute atomic E-state index is 12.6. The Hall–Kier alpha value is -3.35. The number of benzene rings is 2. The normalized spacial score (nSPS) is 19.9. The van der Waals surface area contributed by atoms with Crippen LogP contribution in [0.4, 0.5) is 4.79 Å². The van der Waals surface area contributed by atoms with Crippen molar-refractivity contribution in [2.45, 2.75) is 44.6 Å². The van der Waals surface area contributed by atoms with Gasteiger partial charge in [0.2, 0.25) is 5.91 Å². The molecule has 3 atom stereocenters. The molecular weight excluding hydrogens is 420 g/mol. The Bertz CT molecular complexity index is 991. The molecule has 2 aliphatic rings. The van der Waals surface area contributed by atoms with Gasteiger partial charge in [-0.1, -0.05) is 61.9 Å². The van der Waals surface area contributed by atoms with Crippen LogP contribution in [0.5, 0.6) is 0 Å². The van der Waals surface area contributed by atoms with Gasteiger partial charge in [0, 0.05) is 18.4 Å². The third-order valence-corrected chi connectivity index (χ3v) is 6.87. The van der Waals surface area contributed by atoms with Gasteiger partial charge in [0.05, 0.1) is 0 Å². The van der Waals surface area contributed by atoms with Gasteiger partial charge in [-0.25, -0.2) is 9.59 Å². The Balaban J connectivity index is 1.31. The van der Waals surface area contributed by atoms with E-state index in [1.807, 2.05) is 24.3 Å². The SMILES string of the molecule is CC[C@@H](NC(=O)[C@@H]1CCC[C@@H]1CNC(=O)OCC1c2ccccc2-c2ccccc21)C(=O)O. The van der Waals surface area contributed by atoms with Crippen molar-refractivity contribution in [2.75, 3.05) is 13.2 Å². The Morgan fingerprint density at radius 1 is 1.03 bits per heavy atom. The van der Waals surface area contributed by atoms with Crippen molar-refractivity contribution in [3.63, 3.8) is 0 Å². The number of fused-ring (bicyclic) bond motifs is 3. The van der Waals surface area contributed by atoms with Crippen LogP contribution >= 0.6 is 0 Å². The van der Waals surface area contributed by atoms with Crippen LogP contribution in [0.2, 0.25) is 0 Å². The van der Waals surface area contributed by atoms with Gasteiger partial charge in [-0.15, -0.1) is 0 Å². The number of hydrogen-bond donors (Lipinski definition) is 3. The molecule has 0 aliphatic heterocycles. The van der Waals surface area contributed by atoms with Crippen molar-refractivity contribution in [3.8, 4) is 11.1 Å². The fraction of sp³-hybridized carbons (Fsp3) is 0.423. The van der Waals surface area contributed by atoms with E-state index in [4.69, 9.17) is 4.74 Å². The smallest absolute Gasteiger partial charge is 0.407 e. The molecule has 1 saturated carbocycles. The molecule has 0 saturated heterocycles. The minimum Gasteiger partial charge on any atom is -0.480 e. The molecule has 0 heterocycles. The predicted octanol–water partition coefficient (Wildman–Crippen LogP) is 3.92. The molecule has 33 heavy (non-hydrogen) atoms. The van der Waals surface area contributed by atoms with Crippen LogP contribution in [0.1, 0.15) is 49.7 Å². The first-order chi connectivity index (χ1) is 16.0. The number of rotatable bonds is 8. The first-order valence-corrected chi connectivity index (χ1v) is 11.6. The molecule has 0 unspecified atom stereocenters. The van der Waals surface area contributed by atoms with Crippen LogP contribution in [0.25, 0.3) is 11.1 Å². The molecule has 1 fully saturated rings. The molecule has 2 aromatic rings. The monoisotopic (exact) mass is 450 g/mol. The summed E-state index contributed by atoms with van der Waals surface area (Å²) in [6.07, 6.45) is 2.21. The summed E-state index contributed by atoms with van der Waals surface area (Å²) in [4.78, 5) is 36.3. The van der Waals surface area contributed by atoms with Crippen LogP contribution in [-0.4, -0.2) is 42.3 Å². The van der Waals surface area contributed by atoms with Gasteiger partial charge in [-0.3, -0.25) is 4.79 Å². The molecule has 7 heteroatoms. The highest BCUT2D eigenvalue weighted by atomic mass is 16.5. The maximum atomic E-state index is 12.6. The van der Waals surface area contributed by atoms with E-state index in [2.05, 4.69) is 34.9 Å². The number of carboxylic acids is 1. The predicted molar refractivity (Wildman–Crippen MR) is 124 cm³/mol. The lowest BCUT2D eigenvalue weighted by Gasteiger charge is -2.22. The van der Waals surface area contributed by atoms with Crippen LogP contribution in [0.3, 0.4) is 0 Å². The topological polar surface area (TPSA) is 105 Å². The zero-order valence-electron chi connectivity index (χ0n) is 18.8. The summed E-state index contributed by atoms with van der Waals surface area (Å²) >= 11 is 0. The number of carbonyl (C=O) groups is 3. The number of carbonyl (C=O) groups excluding carboxylic acids is 2. The van der Waals surface area contributed by atoms with Crippen molar-refractivity contribution in [3.05, 3.63) is 59.7 Å². The second kappa shape index (κ2) is 10.1. The van der Waals surface area contributed by atoms with E-state index in [0.717, 1.165) is 24.0 Å². The van der Waals surface area contributed by atoms with Gasteiger partial charge in [-0.05, 0) is 47.4 Å². The molecule has 0 radical (unpaired) electrons. The van der Waals surface area contributed by atoms with E-state index in [1.165, 1.54) is 11.1 Å². The van der Waals surface area contributed by atoms with E-state index >= 15 is 0 Å². The van der Waals surface area contributed by atoms with Gasteiger partial charge < -0.3 is 20.5 Å². The van der Waals surface area contributed by atoms with E-state index in [-0.39, 0.29) is 30.3 Å². The van der Waals surface area contributed by atoms with E-state index in [1.54, 1.807) is 6.92 Å². The van der Waals surface area contributed by atoms with Crippen LogP contribution in [0, 0.1) is 11.8 Å². The Morgan fingerprint density at radius 3 is 2.27 bits per heavy atom. The minimum atomic E-state index is -1.03. The third-order valence-electron chi connectivity index (χ3n) is 6.87. The molecule has 4 rings (SSSR count). The largest absolute Gasteiger partial charge is 0.480 e. The van der Waals surface area contributed by atoms with Crippen molar-refractivity contribution >= 4 is 18.0 Å². The second-order valence-corrected chi connectivity index (χ2v) is 8.81. The average molecular weight is 451 g/mol. The Labute approximate surface area is 193 Å². The first-order valence-electron chi connectivity index (χ1n) is 11.6. The number of ether oxygens (including phenoxy) is 1. The maximum Gasteiger partial charge on any atom is 0.407 e. The van der Waals surface area contributed by atoms with E-state index in [0.29, 0.717) is 19.4 Å². The Morgan fingerprint density at radius 2 is 1.67 bits per heavy atom. The number of carboxylic acid groups (broad SMARTS) is 1. The zero-order valence-corrected chi connectivity index (χ0v) is 18.8. The van der Waals surface area contributed by atoms with Crippen molar-refractivity contribution in [2.24, 2.45) is 11.8 Å². The standard InChI is InChI=1S/C26H30N2O5/c1-2-23(25(30)31)28-24(29)17-13-7-8-16(17)14-27-26(32)33-15-22-20-11-5-3-9-18(20)19-10-4-6-12-21(19)22/h3-6,9-12,16-17,22-23H,2,7-8,13-15H2,1H3,(H,27,32)(H,28,29)(H,30,31)/t16-,17-,23-/m1/s1. The van der Waals surface area contributed by atoms with E-state index in [9.17, 15) is 19.5 Å². The van der Waals surface area contributed by atoms with Gasteiger partial charge >= 0.3 is 12.1 Å². The van der Waals surface area contributed by atoms with Gasteiger partial charge in [-0.2, -0.15) is 0 Å². The summed E-state index contributed by atoms with van der Waals surface area (Å²) in [7, 11) is 0. The zero-order chi connectivity index (χ0) is 23.4. The summed E-state index contributed by atoms with van der Waals surface area (Å²) in [6.45, 7) is 2.30. The number of amides is 2. The molecule has 2 aromatic carbocycles. The van der Waals surface area contributed by atoms with Crippen LogP contribution in [-0.2, 0) is 14.3 Å². The van der Waals surface area contributed by atoms with Crippen molar-refractivity contribution < 1.29 is 24.2 Å². The number of hydrogen-bond acceptors (Lipinski definition) is 4. The molecule has 7 nitrogen and oxygen atoms in total. The molecule has 0 aromatic heterocycles. The molecule has 0 bridgehead atoms. The van der Waals surface area contributed by atoms with Gasteiger partial charge in [0.25, 0.3) is 0 Å². The number of aliphatic carboxylic acids is 1. The molecule has 2 aliphatic carbocycles. The first kappa shape index (κ1) is 22.8. The summed E-state index contributed by atoms with van der Waals surface area (Å²) in [5.41, 5.74) is 4.66. The number of alkyl carbamates (subject to hydrolysis) is 1. The highest BCUT2D eigenvalue weighted by molar-refractivity contribution is 5.85. The van der Waals surface area contributed by atoms with Crippen molar-refractivity contribution in [1.82, 2.24) is 10.6 Å². The van der Waals surface area contributed by atoms with Crippen molar-refractivity contribution in [1.29, 1.82) is 0 Å². The highest BCUT2D eigenvalue weighted by Gasteiger charge is 2.35. The second-order valence-electron chi connectivity index (χ2n) is 8.81. The lowest BCUT2D eigenvalue weighted by molar-refractivity contribution is -0.142. The summed E-state index contributed by atoms with van der Waals surface area (Å²) in [5, 5.41) is 14.6. The molecule has 174 valence electrons. The molecule has 2 amide bonds. The summed E-state index contributed by atoms with van der Waals surface area (Å²) in [5.74, 6) is -1.61. The molecule has 0 spiro atoms. The van der Waals surface area contributed by atoms with Gasteiger partial charge in [0.15, 0.2) is 0 Å².